The zero-order valence-electron chi connectivity index (χ0n) is 7.32. The van der Waals surface area contributed by atoms with Crippen molar-refractivity contribution in [1.82, 2.24) is 0 Å². The first-order valence-electron chi connectivity index (χ1n) is 4.30. The molecule has 0 amide bonds. The van der Waals surface area contributed by atoms with E-state index in [1.165, 1.54) is 0 Å². The highest BCUT2D eigenvalue weighted by atomic mass is 19.4. The summed E-state index contributed by atoms with van der Waals surface area (Å²) in [7, 11) is 0. The molecule has 0 aromatic rings. The maximum Gasteiger partial charge on any atom is 0.403 e. The van der Waals surface area contributed by atoms with E-state index in [0.29, 0.717) is 6.42 Å². The molecule has 0 rings (SSSR count). The molecular weight excluding hydrogens is 167 g/mol. The fourth-order valence-corrected chi connectivity index (χ4v) is 0.955. The van der Waals surface area contributed by atoms with Gasteiger partial charge in [0.25, 0.3) is 0 Å². The van der Waals surface area contributed by atoms with E-state index in [-0.39, 0.29) is 6.42 Å². The van der Waals surface area contributed by atoms with E-state index in [2.05, 4.69) is 0 Å². The highest BCUT2D eigenvalue weighted by molar-refractivity contribution is 4.69. The van der Waals surface area contributed by atoms with Crippen molar-refractivity contribution in [3.8, 4) is 0 Å². The molecule has 1 nitrogen and oxygen atoms in total. The van der Waals surface area contributed by atoms with Crippen LogP contribution in [-0.4, -0.2) is 12.2 Å². The number of alkyl halides is 3. The monoisotopic (exact) mass is 183 g/mol. The molecule has 1 atom stereocenters. The van der Waals surface area contributed by atoms with Gasteiger partial charge in [0.15, 0.2) is 0 Å². The van der Waals surface area contributed by atoms with Crippen LogP contribution in [0.5, 0.6) is 0 Å². The summed E-state index contributed by atoms with van der Waals surface area (Å²) >= 11 is 0. The summed E-state index contributed by atoms with van der Waals surface area (Å²) < 4.78 is 35.5. The van der Waals surface area contributed by atoms with Crippen LogP contribution in [0.25, 0.3) is 0 Å². The average molecular weight is 183 g/mol. The summed E-state index contributed by atoms with van der Waals surface area (Å²) in [4.78, 5) is 0. The fraction of sp³-hybridized carbons (Fsp3) is 1.00. The third kappa shape index (κ3) is 5.41. The Bertz CT molecular complexity index is 111. The molecule has 0 unspecified atom stereocenters. The molecule has 0 bridgehead atoms. The van der Waals surface area contributed by atoms with Crippen molar-refractivity contribution in [3.63, 3.8) is 0 Å². The number of unbranched alkanes of at least 4 members (excludes halogenated alkanes) is 3. The predicted octanol–water partition coefficient (Wildman–Crippen LogP) is 2.85. The Balaban J connectivity index is 3.38. The summed E-state index contributed by atoms with van der Waals surface area (Å²) in [5, 5.41) is 0. The molecule has 0 fully saturated rings. The van der Waals surface area contributed by atoms with Crippen molar-refractivity contribution < 1.29 is 13.2 Å². The van der Waals surface area contributed by atoms with Gasteiger partial charge in [0.05, 0.1) is 0 Å². The van der Waals surface area contributed by atoms with Crippen LogP contribution in [0.1, 0.15) is 39.0 Å². The Morgan fingerprint density at radius 2 is 1.75 bits per heavy atom. The number of hydrogen-bond acceptors (Lipinski definition) is 1. The van der Waals surface area contributed by atoms with E-state index in [0.717, 1.165) is 19.3 Å². The fourth-order valence-electron chi connectivity index (χ4n) is 0.955. The van der Waals surface area contributed by atoms with Crippen LogP contribution in [0.4, 0.5) is 13.2 Å². The van der Waals surface area contributed by atoms with E-state index in [1.807, 2.05) is 6.92 Å². The van der Waals surface area contributed by atoms with Crippen LogP contribution in [0.2, 0.25) is 0 Å². The number of rotatable bonds is 5. The molecule has 0 spiro atoms. The zero-order valence-corrected chi connectivity index (χ0v) is 7.32. The van der Waals surface area contributed by atoms with Crippen LogP contribution in [0.15, 0.2) is 0 Å². The van der Waals surface area contributed by atoms with E-state index in [1.54, 1.807) is 0 Å². The Labute approximate surface area is 71.1 Å². The summed E-state index contributed by atoms with van der Waals surface area (Å²) in [5.74, 6) is 0. The minimum atomic E-state index is -4.22. The van der Waals surface area contributed by atoms with Crippen LogP contribution in [0, 0.1) is 0 Å². The predicted molar refractivity (Wildman–Crippen MR) is 42.8 cm³/mol. The minimum Gasteiger partial charge on any atom is -0.320 e. The molecule has 0 saturated carbocycles. The van der Waals surface area contributed by atoms with Crippen molar-refractivity contribution in [1.29, 1.82) is 0 Å². The normalized spacial score (nSPS) is 14.8. The first-order valence-corrected chi connectivity index (χ1v) is 4.30. The third-order valence-electron chi connectivity index (χ3n) is 1.79. The van der Waals surface area contributed by atoms with E-state index in [9.17, 15) is 13.2 Å². The van der Waals surface area contributed by atoms with Crippen LogP contribution in [-0.2, 0) is 0 Å². The van der Waals surface area contributed by atoms with Gasteiger partial charge in [0.1, 0.15) is 6.04 Å². The summed E-state index contributed by atoms with van der Waals surface area (Å²) in [6, 6.07) is -1.63. The molecule has 0 radical (unpaired) electrons. The van der Waals surface area contributed by atoms with Gasteiger partial charge in [-0.25, -0.2) is 0 Å². The lowest BCUT2D eigenvalue weighted by Crippen LogP contribution is -2.37. The molecule has 0 aromatic carbocycles. The molecule has 4 heteroatoms. The molecule has 0 heterocycles. The summed E-state index contributed by atoms with van der Waals surface area (Å²) in [6.45, 7) is 2.02. The highest BCUT2D eigenvalue weighted by Crippen LogP contribution is 2.22. The first kappa shape index (κ1) is 11.8. The Kier molecular flexibility index (Phi) is 5.29. The number of nitrogens with two attached hydrogens (primary N) is 1. The Morgan fingerprint density at radius 1 is 1.17 bits per heavy atom. The number of hydrogen-bond donors (Lipinski definition) is 1. The van der Waals surface area contributed by atoms with E-state index in [4.69, 9.17) is 5.73 Å². The third-order valence-corrected chi connectivity index (χ3v) is 1.79. The second kappa shape index (κ2) is 5.41. The lowest BCUT2D eigenvalue weighted by Gasteiger charge is -2.14. The quantitative estimate of drug-likeness (QED) is 0.651. The average Bonchev–Trinajstić information content (AvgIpc) is 1.96. The zero-order chi connectivity index (χ0) is 9.61. The van der Waals surface area contributed by atoms with Crippen molar-refractivity contribution in [2.45, 2.75) is 51.2 Å². The SMILES string of the molecule is CCCCCC[C@@H](N)C(F)(F)F. The number of halogens is 3. The maximum absolute atomic E-state index is 11.8. The van der Waals surface area contributed by atoms with Gasteiger partial charge in [-0.1, -0.05) is 32.6 Å². The van der Waals surface area contributed by atoms with E-state index >= 15 is 0 Å². The molecule has 0 saturated heterocycles. The van der Waals surface area contributed by atoms with Crippen molar-refractivity contribution in [2.24, 2.45) is 5.73 Å². The summed E-state index contributed by atoms with van der Waals surface area (Å²) in [6.07, 6.45) is -0.712. The Hall–Kier alpha value is -0.250. The molecule has 0 aliphatic rings. The molecule has 12 heavy (non-hydrogen) atoms. The largest absolute Gasteiger partial charge is 0.403 e. The second-order valence-corrected chi connectivity index (χ2v) is 3.00. The molecular formula is C8H16F3N. The van der Waals surface area contributed by atoms with Crippen molar-refractivity contribution in [2.75, 3.05) is 0 Å². The van der Waals surface area contributed by atoms with Gasteiger partial charge in [-0.15, -0.1) is 0 Å². The second-order valence-electron chi connectivity index (χ2n) is 3.00. The first-order chi connectivity index (χ1) is 5.48. The van der Waals surface area contributed by atoms with Gasteiger partial charge in [0, 0.05) is 0 Å². The molecule has 74 valence electrons. The van der Waals surface area contributed by atoms with Crippen molar-refractivity contribution >= 4 is 0 Å². The van der Waals surface area contributed by atoms with Crippen LogP contribution in [0.3, 0.4) is 0 Å². The van der Waals surface area contributed by atoms with Gasteiger partial charge < -0.3 is 5.73 Å². The van der Waals surface area contributed by atoms with Crippen molar-refractivity contribution in [3.05, 3.63) is 0 Å². The van der Waals surface area contributed by atoms with Crippen LogP contribution >= 0.6 is 0 Å². The topological polar surface area (TPSA) is 26.0 Å². The minimum absolute atomic E-state index is 0.0590. The van der Waals surface area contributed by atoms with Gasteiger partial charge in [-0.3, -0.25) is 0 Å². The van der Waals surface area contributed by atoms with Gasteiger partial charge in [0.2, 0.25) is 0 Å². The lowest BCUT2D eigenvalue weighted by molar-refractivity contribution is -0.149. The van der Waals surface area contributed by atoms with E-state index < -0.39 is 12.2 Å². The van der Waals surface area contributed by atoms with Gasteiger partial charge in [-0.2, -0.15) is 13.2 Å². The standard InChI is InChI=1S/C8H16F3N/c1-2-3-4-5-6-7(12)8(9,10)11/h7H,2-6,12H2,1H3/t7-/m1/s1. The summed E-state index contributed by atoms with van der Waals surface area (Å²) in [5.41, 5.74) is 4.91. The molecule has 0 aliphatic carbocycles. The molecule has 2 N–H and O–H groups in total. The maximum atomic E-state index is 11.8. The molecule has 0 aliphatic heterocycles. The van der Waals surface area contributed by atoms with Crippen LogP contribution < -0.4 is 5.73 Å². The highest BCUT2D eigenvalue weighted by Gasteiger charge is 2.35. The lowest BCUT2D eigenvalue weighted by atomic mass is 10.1. The Morgan fingerprint density at radius 3 is 2.17 bits per heavy atom. The van der Waals surface area contributed by atoms with Gasteiger partial charge in [-0.05, 0) is 6.42 Å². The van der Waals surface area contributed by atoms with Gasteiger partial charge >= 0.3 is 6.18 Å². The molecule has 0 aromatic heterocycles. The smallest absolute Gasteiger partial charge is 0.320 e.